The van der Waals surface area contributed by atoms with E-state index in [4.69, 9.17) is 0 Å². The highest BCUT2D eigenvalue weighted by molar-refractivity contribution is 8.00. The molecule has 3 aromatic rings. The monoisotopic (exact) mass is 416 g/mol. The Hall–Kier alpha value is -3.05. The molecule has 0 spiro atoms. The summed E-state index contributed by atoms with van der Waals surface area (Å²) in [5, 5.41) is 2.85. The lowest BCUT2D eigenvalue weighted by Crippen LogP contribution is -2.27. The van der Waals surface area contributed by atoms with Crippen LogP contribution in [0.4, 0.5) is 11.4 Å². The zero-order valence-electron chi connectivity index (χ0n) is 17.0. The lowest BCUT2D eigenvalue weighted by atomic mass is 10.0. The molecule has 1 aliphatic rings. The fourth-order valence-corrected chi connectivity index (χ4v) is 4.67. The molecule has 0 bridgehead atoms. The Balaban J connectivity index is 1.51. The molecular weight excluding hydrogens is 392 g/mol. The highest BCUT2D eigenvalue weighted by Crippen LogP contribution is 2.42. The van der Waals surface area contributed by atoms with Gasteiger partial charge in [0, 0.05) is 16.9 Å². The van der Waals surface area contributed by atoms with Crippen LogP contribution in [0, 0.1) is 0 Å². The number of hydrogen-bond acceptors (Lipinski definition) is 3. The minimum Gasteiger partial charge on any atom is -0.322 e. The molecule has 1 aliphatic heterocycles. The number of carbonyl (C=O) groups is 2. The first-order valence-corrected chi connectivity index (χ1v) is 11.1. The van der Waals surface area contributed by atoms with Crippen LogP contribution in [0.15, 0.2) is 78.9 Å². The quantitative estimate of drug-likeness (QED) is 0.568. The van der Waals surface area contributed by atoms with Gasteiger partial charge in [-0.15, -0.1) is 11.8 Å². The van der Waals surface area contributed by atoms with E-state index in [1.165, 1.54) is 5.56 Å². The highest BCUT2D eigenvalue weighted by atomic mass is 32.2. The summed E-state index contributed by atoms with van der Waals surface area (Å²) in [5.74, 6) is 0.893. The highest BCUT2D eigenvalue weighted by Gasteiger charge is 2.34. The lowest BCUT2D eigenvalue weighted by Gasteiger charge is -2.25. The first-order chi connectivity index (χ1) is 14.5. The molecule has 0 saturated carbocycles. The van der Waals surface area contributed by atoms with Gasteiger partial charge in [-0.1, -0.05) is 56.3 Å². The van der Waals surface area contributed by atoms with E-state index in [2.05, 4.69) is 31.3 Å². The van der Waals surface area contributed by atoms with Gasteiger partial charge in [-0.2, -0.15) is 0 Å². The number of carbonyl (C=O) groups excluding carboxylic acids is 2. The van der Waals surface area contributed by atoms with Crippen molar-refractivity contribution in [2.75, 3.05) is 16.0 Å². The lowest BCUT2D eigenvalue weighted by molar-refractivity contribution is -0.115. The number of hydrogen-bond donors (Lipinski definition) is 1. The van der Waals surface area contributed by atoms with Crippen molar-refractivity contribution in [1.82, 2.24) is 0 Å². The van der Waals surface area contributed by atoms with Crippen LogP contribution in [0.5, 0.6) is 0 Å². The predicted octanol–water partition coefficient (Wildman–Crippen LogP) is 5.84. The van der Waals surface area contributed by atoms with Gasteiger partial charge in [-0.25, -0.2) is 0 Å². The number of amides is 2. The molecule has 0 aromatic heterocycles. The van der Waals surface area contributed by atoms with Gasteiger partial charge < -0.3 is 5.32 Å². The van der Waals surface area contributed by atoms with Gasteiger partial charge in [0.05, 0.1) is 5.75 Å². The molecule has 4 nitrogen and oxygen atoms in total. The number of rotatable bonds is 5. The van der Waals surface area contributed by atoms with Crippen LogP contribution >= 0.6 is 11.8 Å². The second-order valence-corrected chi connectivity index (χ2v) is 8.68. The third-order valence-corrected chi connectivity index (χ3v) is 6.41. The van der Waals surface area contributed by atoms with Crippen molar-refractivity contribution in [3.05, 3.63) is 95.6 Å². The van der Waals surface area contributed by atoms with Crippen molar-refractivity contribution in [3.63, 3.8) is 0 Å². The third-order valence-electron chi connectivity index (χ3n) is 5.20. The van der Waals surface area contributed by atoms with E-state index in [1.807, 2.05) is 59.5 Å². The van der Waals surface area contributed by atoms with Crippen LogP contribution in [0.25, 0.3) is 0 Å². The van der Waals surface area contributed by atoms with Gasteiger partial charge in [0.1, 0.15) is 5.37 Å². The van der Waals surface area contributed by atoms with E-state index in [0.717, 1.165) is 16.9 Å². The Bertz CT molecular complexity index is 1030. The maximum atomic E-state index is 12.6. The van der Waals surface area contributed by atoms with Crippen molar-refractivity contribution in [3.8, 4) is 0 Å². The van der Waals surface area contributed by atoms with Gasteiger partial charge in [-0.05, 0) is 53.4 Å². The van der Waals surface area contributed by atoms with Crippen LogP contribution in [-0.4, -0.2) is 17.6 Å². The summed E-state index contributed by atoms with van der Waals surface area (Å²) in [7, 11) is 0. The van der Waals surface area contributed by atoms with Gasteiger partial charge in [0.2, 0.25) is 5.91 Å². The molecule has 1 N–H and O–H groups in total. The largest absolute Gasteiger partial charge is 0.322 e. The molecule has 1 fully saturated rings. The molecule has 4 rings (SSSR count). The molecule has 152 valence electrons. The maximum absolute atomic E-state index is 12.6. The average molecular weight is 417 g/mol. The van der Waals surface area contributed by atoms with E-state index >= 15 is 0 Å². The second-order valence-electron chi connectivity index (χ2n) is 7.62. The number of nitrogens with one attached hydrogen (secondary N) is 1. The van der Waals surface area contributed by atoms with Crippen LogP contribution in [-0.2, 0) is 4.79 Å². The summed E-state index contributed by atoms with van der Waals surface area (Å²) < 4.78 is 0. The second kappa shape index (κ2) is 8.76. The van der Waals surface area contributed by atoms with Gasteiger partial charge in [0.25, 0.3) is 5.91 Å². The van der Waals surface area contributed by atoms with Gasteiger partial charge in [0.15, 0.2) is 0 Å². The van der Waals surface area contributed by atoms with E-state index in [0.29, 0.717) is 17.2 Å². The van der Waals surface area contributed by atoms with E-state index in [9.17, 15) is 9.59 Å². The van der Waals surface area contributed by atoms with E-state index in [1.54, 1.807) is 23.9 Å². The smallest absolute Gasteiger partial charge is 0.255 e. The van der Waals surface area contributed by atoms with Crippen LogP contribution in [0.1, 0.15) is 46.6 Å². The fourth-order valence-electron chi connectivity index (χ4n) is 3.49. The Kier molecular flexibility index (Phi) is 5.91. The summed E-state index contributed by atoms with van der Waals surface area (Å²) >= 11 is 1.62. The fraction of sp³-hybridized carbons (Fsp3) is 0.200. The number of thioether (sulfide) groups is 1. The van der Waals surface area contributed by atoms with Gasteiger partial charge in [-0.3, -0.25) is 14.5 Å². The summed E-state index contributed by atoms with van der Waals surface area (Å²) in [4.78, 5) is 26.8. The molecule has 2 amide bonds. The molecule has 0 aliphatic carbocycles. The molecule has 5 heteroatoms. The van der Waals surface area contributed by atoms with Crippen LogP contribution in [0.3, 0.4) is 0 Å². The van der Waals surface area contributed by atoms with Crippen LogP contribution < -0.4 is 10.2 Å². The molecule has 0 unspecified atom stereocenters. The number of anilines is 2. The summed E-state index contributed by atoms with van der Waals surface area (Å²) in [6, 6.07) is 25.1. The Morgan fingerprint density at radius 2 is 1.63 bits per heavy atom. The molecule has 30 heavy (non-hydrogen) atoms. The van der Waals surface area contributed by atoms with Crippen molar-refractivity contribution in [2.24, 2.45) is 0 Å². The Labute approximate surface area is 181 Å². The Morgan fingerprint density at radius 1 is 0.967 bits per heavy atom. The zero-order valence-corrected chi connectivity index (χ0v) is 17.9. The standard InChI is InChI=1S/C25H24N2O2S/c1-17(2)18-10-14-22(15-11-18)27-23(28)16-30-25(27)20-8-12-21(13-9-20)26-24(29)19-6-4-3-5-7-19/h3-15,17,25H,16H2,1-2H3,(H,26,29)/t25-/m0/s1. The van der Waals surface area contributed by atoms with Crippen LogP contribution in [0.2, 0.25) is 0 Å². The zero-order chi connectivity index (χ0) is 21.1. The number of nitrogens with zero attached hydrogens (tertiary/aromatic N) is 1. The topological polar surface area (TPSA) is 49.4 Å². The maximum Gasteiger partial charge on any atom is 0.255 e. The summed E-state index contributed by atoms with van der Waals surface area (Å²) in [5.41, 5.74) is 4.56. The van der Waals surface area contributed by atoms with E-state index < -0.39 is 0 Å². The first kappa shape index (κ1) is 20.2. The van der Waals surface area contributed by atoms with Crippen molar-refractivity contribution >= 4 is 35.0 Å². The van der Waals surface area contributed by atoms with Crippen molar-refractivity contribution < 1.29 is 9.59 Å². The molecular formula is C25H24N2O2S. The SMILES string of the molecule is CC(C)c1ccc(N2C(=O)CS[C@H]2c2ccc(NC(=O)c3ccccc3)cc2)cc1. The average Bonchev–Trinajstić information content (AvgIpc) is 3.16. The predicted molar refractivity (Wildman–Crippen MR) is 124 cm³/mol. The van der Waals surface area contributed by atoms with Crippen molar-refractivity contribution in [2.45, 2.75) is 25.1 Å². The molecule has 1 atom stereocenters. The minimum atomic E-state index is -0.138. The summed E-state index contributed by atoms with van der Waals surface area (Å²) in [6.45, 7) is 4.32. The molecule has 0 radical (unpaired) electrons. The van der Waals surface area contributed by atoms with Crippen molar-refractivity contribution in [1.29, 1.82) is 0 Å². The molecule has 3 aromatic carbocycles. The van der Waals surface area contributed by atoms with Gasteiger partial charge >= 0.3 is 0 Å². The molecule has 1 heterocycles. The summed E-state index contributed by atoms with van der Waals surface area (Å²) in [6.07, 6.45) is 0. The van der Waals surface area contributed by atoms with E-state index in [-0.39, 0.29) is 17.2 Å². The first-order valence-electron chi connectivity index (χ1n) is 10.0. The molecule has 1 saturated heterocycles. The normalized spacial score (nSPS) is 16.2. The minimum absolute atomic E-state index is 0.0683. The number of benzene rings is 3. The Morgan fingerprint density at radius 3 is 2.27 bits per heavy atom. The third kappa shape index (κ3) is 4.26.